The fraction of sp³-hybridized carbons (Fsp3) is 0.0714. The summed E-state index contributed by atoms with van der Waals surface area (Å²) in [6, 6.07) is 7.30. The predicted octanol–water partition coefficient (Wildman–Crippen LogP) is 3.56. The van der Waals surface area contributed by atoms with Crippen LogP contribution < -0.4 is 5.32 Å². The number of anilines is 1. The van der Waals surface area contributed by atoms with Crippen molar-refractivity contribution in [3.8, 4) is 0 Å². The van der Waals surface area contributed by atoms with Crippen LogP contribution in [0.5, 0.6) is 0 Å². The second-order valence-corrected chi connectivity index (χ2v) is 7.66. The minimum atomic E-state index is -3.72. The molecule has 2 aromatic rings. The van der Waals surface area contributed by atoms with Gasteiger partial charge >= 0.3 is 0 Å². The van der Waals surface area contributed by atoms with E-state index in [4.69, 9.17) is 23.2 Å². The van der Waals surface area contributed by atoms with E-state index in [0.717, 1.165) is 24.5 Å². The highest BCUT2D eigenvalue weighted by atomic mass is 35.5. The highest BCUT2D eigenvalue weighted by molar-refractivity contribution is 7.90. The van der Waals surface area contributed by atoms with Crippen LogP contribution in [0.4, 0.5) is 11.4 Å². The Kier molecular flexibility index (Phi) is 5.12. The maximum absolute atomic E-state index is 12.3. The third-order valence-corrected chi connectivity index (χ3v) is 4.80. The molecule has 0 unspecified atom stereocenters. The van der Waals surface area contributed by atoms with Crippen LogP contribution >= 0.6 is 23.2 Å². The van der Waals surface area contributed by atoms with Crippen molar-refractivity contribution in [2.45, 2.75) is 4.90 Å². The number of rotatable bonds is 4. The smallest absolute Gasteiger partial charge is 0.271 e. The first kappa shape index (κ1) is 18.2. The molecule has 10 heteroatoms. The van der Waals surface area contributed by atoms with E-state index >= 15 is 0 Å². The Bertz CT molecular complexity index is 944. The molecule has 0 aliphatic heterocycles. The van der Waals surface area contributed by atoms with Crippen LogP contribution in [0.25, 0.3) is 0 Å². The first-order valence-electron chi connectivity index (χ1n) is 6.34. The lowest BCUT2D eigenvalue weighted by molar-refractivity contribution is -0.385. The molecule has 1 N–H and O–H groups in total. The molecule has 2 aromatic carbocycles. The summed E-state index contributed by atoms with van der Waals surface area (Å²) in [7, 11) is -3.72. The van der Waals surface area contributed by atoms with Crippen LogP contribution in [0.2, 0.25) is 10.0 Å². The average Bonchev–Trinajstić information content (AvgIpc) is 2.49. The molecule has 0 heterocycles. The lowest BCUT2D eigenvalue weighted by Gasteiger charge is -2.08. The van der Waals surface area contributed by atoms with Gasteiger partial charge in [0.05, 0.1) is 19.9 Å². The zero-order valence-corrected chi connectivity index (χ0v) is 14.4. The maximum Gasteiger partial charge on any atom is 0.271 e. The number of nitro groups is 1. The third kappa shape index (κ3) is 4.22. The van der Waals surface area contributed by atoms with E-state index in [1.54, 1.807) is 0 Å². The molecule has 24 heavy (non-hydrogen) atoms. The molecule has 0 atom stereocenters. The number of halogens is 2. The van der Waals surface area contributed by atoms with Crippen LogP contribution in [0.15, 0.2) is 41.3 Å². The predicted molar refractivity (Wildman–Crippen MR) is 90.6 cm³/mol. The van der Waals surface area contributed by atoms with Crippen molar-refractivity contribution in [2.24, 2.45) is 0 Å². The van der Waals surface area contributed by atoms with E-state index < -0.39 is 26.4 Å². The van der Waals surface area contributed by atoms with Crippen molar-refractivity contribution in [2.75, 3.05) is 11.6 Å². The number of hydrogen-bond acceptors (Lipinski definition) is 5. The Morgan fingerprint density at radius 1 is 1.12 bits per heavy atom. The molecule has 0 radical (unpaired) electrons. The highest BCUT2D eigenvalue weighted by Gasteiger charge is 2.19. The SMILES string of the molecule is CS(=O)(=O)c1cc(C(=O)Nc2ccc(Cl)c(Cl)c2)cc([N+](=O)[O-])c1. The number of carbonyl (C=O) groups excluding carboxylic acids is 1. The van der Waals surface area contributed by atoms with Gasteiger partial charge in [0.2, 0.25) is 0 Å². The van der Waals surface area contributed by atoms with Crippen LogP contribution in [-0.2, 0) is 9.84 Å². The van der Waals surface area contributed by atoms with Gasteiger partial charge in [-0.05, 0) is 24.3 Å². The van der Waals surface area contributed by atoms with E-state index in [1.807, 2.05) is 0 Å². The number of nitrogens with zero attached hydrogens (tertiary/aromatic N) is 1. The summed E-state index contributed by atoms with van der Waals surface area (Å²) in [6.45, 7) is 0. The molecule has 0 aliphatic carbocycles. The Balaban J connectivity index is 2.42. The molecule has 0 saturated heterocycles. The van der Waals surface area contributed by atoms with Crippen LogP contribution in [0.1, 0.15) is 10.4 Å². The normalized spacial score (nSPS) is 11.1. The van der Waals surface area contributed by atoms with Gasteiger partial charge in [-0.1, -0.05) is 23.2 Å². The molecule has 126 valence electrons. The average molecular weight is 389 g/mol. The van der Waals surface area contributed by atoms with Gasteiger partial charge in [0.15, 0.2) is 9.84 Å². The van der Waals surface area contributed by atoms with E-state index in [2.05, 4.69) is 5.32 Å². The molecule has 0 aliphatic rings. The minimum Gasteiger partial charge on any atom is -0.322 e. The second kappa shape index (κ2) is 6.76. The molecular weight excluding hydrogens is 379 g/mol. The summed E-state index contributed by atoms with van der Waals surface area (Å²) in [5.74, 6) is -0.720. The largest absolute Gasteiger partial charge is 0.322 e. The number of benzene rings is 2. The topological polar surface area (TPSA) is 106 Å². The number of nitro benzene ring substituents is 1. The van der Waals surface area contributed by atoms with Crippen molar-refractivity contribution in [1.82, 2.24) is 0 Å². The quantitative estimate of drug-likeness (QED) is 0.636. The van der Waals surface area contributed by atoms with Crippen molar-refractivity contribution < 1.29 is 18.1 Å². The van der Waals surface area contributed by atoms with E-state index in [-0.39, 0.29) is 15.5 Å². The Labute approximate surface area is 147 Å². The van der Waals surface area contributed by atoms with Gasteiger partial charge in [-0.25, -0.2) is 8.42 Å². The molecule has 0 bridgehead atoms. The fourth-order valence-electron chi connectivity index (χ4n) is 1.81. The first-order chi connectivity index (χ1) is 11.1. The summed E-state index contributed by atoms with van der Waals surface area (Å²) in [5, 5.41) is 13.9. The molecule has 1 amide bonds. The Morgan fingerprint density at radius 3 is 2.33 bits per heavy atom. The van der Waals surface area contributed by atoms with Gasteiger partial charge in [0.25, 0.3) is 11.6 Å². The number of carbonyl (C=O) groups is 1. The fourth-order valence-corrected chi connectivity index (χ4v) is 2.79. The summed E-state index contributed by atoms with van der Waals surface area (Å²) in [4.78, 5) is 22.1. The number of amides is 1. The van der Waals surface area contributed by atoms with Gasteiger partial charge in [-0.3, -0.25) is 14.9 Å². The van der Waals surface area contributed by atoms with Crippen molar-refractivity contribution in [3.05, 3.63) is 62.1 Å². The van der Waals surface area contributed by atoms with Crippen LogP contribution in [-0.4, -0.2) is 25.5 Å². The van der Waals surface area contributed by atoms with E-state index in [0.29, 0.717) is 10.7 Å². The maximum atomic E-state index is 12.3. The van der Waals surface area contributed by atoms with Gasteiger partial charge < -0.3 is 5.32 Å². The third-order valence-electron chi connectivity index (χ3n) is 2.97. The zero-order chi connectivity index (χ0) is 18.1. The van der Waals surface area contributed by atoms with Crippen molar-refractivity contribution in [1.29, 1.82) is 0 Å². The van der Waals surface area contributed by atoms with Crippen LogP contribution in [0, 0.1) is 10.1 Å². The van der Waals surface area contributed by atoms with Gasteiger partial charge in [-0.2, -0.15) is 0 Å². The molecule has 0 aromatic heterocycles. The molecule has 2 rings (SSSR count). The molecular formula is C14H10Cl2N2O5S. The molecule has 0 saturated carbocycles. The summed E-state index contributed by atoms with van der Waals surface area (Å²) >= 11 is 11.6. The number of hydrogen-bond donors (Lipinski definition) is 1. The first-order valence-corrected chi connectivity index (χ1v) is 8.98. The Morgan fingerprint density at radius 2 is 1.79 bits per heavy atom. The van der Waals surface area contributed by atoms with Gasteiger partial charge in [0.1, 0.15) is 0 Å². The van der Waals surface area contributed by atoms with Crippen molar-refractivity contribution >= 4 is 50.3 Å². The lowest BCUT2D eigenvalue weighted by atomic mass is 10.2. The van der Waals surface area contributed by atoms with E-state index in [9.17, 15) is 23.3 Å². The molecule has 0 spiro atoms. The standard InChI is InChI=1S/C14H10Cl2N2O5S/c1-24(22,23)11-5-8(4-10(7-11)18(20)21)14(19)17-9-2-3-12(15)13(16)6-9/h2-7H,1H3,(H,17,19). The molecule has 0 fully saturated rings. The number of sulfone groups is 1. The summed E-state index contributed by atoms with van der Waals surface area (Å²) in [5.41, 5.74) is -0.366. The van der Waals surface area contributed by atoms with Gasteiger partial charge in [-0.15, -0.1) is 0 Å². The van der Waals surface area contributed by atoms with E-state index in [1.165, 1.54) is 18.2 Å². The lowest BCUT2D eigenvalue weighted by Crippen LogP contribution is -2.13. The summed E-state index contributed by atoms with van der Waals surface area (Å²) in [6.07, 6.45) is 0.896. The minimum absolute atomic E-state index is 0.171. The highest BCUT2D eigenvalue weighted by Crippen LogP contribution is 2.26. The van der Waals surface area contributed by atoms with Gasteiger partial charge in [0, 0.05) is 29.6 Å². The number of nitrogens with one attached hydrogen (secondary N) is 1. The second-order valence-electron chi connectivity index (χ2n) is 4.83. The van der Waals surface area contributed by atoms with Crippen LogP contribution in [0.3, 0.4) is 0 Å². The molecule has 7 nitrogen and oxygen atoms in total. The van der Waals surface area contributed by atoms with Crippen molar-refractivity contribution in [3.63, 3.8) is 0 Å². The summed E-state index contributed by atoms with van der Waals surface area (Å²) < 4.78 is 23.3. The number of non-ortho nitro benzene ring substituents is 1. The zero-order valence-electron chi connectivity index (χ0n) is 12.1. The monoisotopic (exact) mass is 388 g/mol. The Hall–Kier alpha value is -2.16.